The van der Waals surface area contributed by atoms with Crippen LogP contribution in [-0.2, 0) is 10.0 Å². The summed E-state index contributed by atoms with van der Waals surface area (Å²) in [6.07, 6.45) is 0.988. The molecule has 0 aliphatic carbocycles. The third kappa shape index (κ3) is 6.92. The van der Waals surface area contributed by atoms with Crippen molar-refractivity contribution >= 4 is 38.9 Å². The topological polar surface area (TPSA) is 138 Å². The summed E-state index contributed by atoms with van der Waals surface area (Å²) >= 11 is 1.50. The van der Waals surface area contributed by atoms with Crippen molar-refractivity contribution in [2.45, 2.75) is 30.9 Å². The Kier molecular flexibility index (Phi) is 10.1. The summed E-state index contributed by atoms with van der Waals surface area (Å²) < 4.78 is 39.9. The van der Waals surface area contributed by atoms with E-state index in [2.05, 4.69) is 10.3 Å². The van der Waals surface area contributed by atoms with Crippen molar-refractivity contribution in [3.63, 3.8) is 0 Å². The first-order valence-corrected chi connectivity index (χ1v) is 17.0. The van der Waals surface area contributed by atoms with Crippen LogP contribution in [0, 0.1) is 5.92 Å². The van der Waals surface area contributed by atoms with Gasteiger partial charge in [-0.25, -0.2) is 13.4 Å². The summed E-state index contributed by atoms with van der Waals surface area (Å²) in [6.45, 7) is 3.49. The highest BCUT2D eigenvalue weighted by atomic mass is 32.2. The van der Waals surface area contributed by atoms with Crippen molar-refractivity contribution in [1.82, 2.24) is 14.2 Å². The molecule has 2 amide bonds. The molecule has 2 heterocycles. The van der Waals surface area contributed by atoms with Crippen LogP contribution in [0.4, 0.5) is 5.69 Å². The highest BCUT2D eigenvalue weighted by Crippen LogP contribution is 2.36. The Morgan fingerprint density at radius 1 is 1.17 bits per heavy atom. The van der Waals surface area contributed by atoms with Gasteiger partial charge in [-0.05, 0) is 55.5 Å². The Bertz CT molecular complexity index is 1780. The molecule has 0 saturated heterocycles. The Morgan fingerprint density at radius 2 is 1.89 bits per heavy atom. The fourth-order valence-corrected chi connectivity index (χ4v) is 6.99. The predicted octanol–water partition coefficient (Wildman–Crippen LogP) is 4.61. The second-order valence-electron chi connectivity index (χ2n) is 11.1. The maximum absolute atomic E-state index is 13.8. The minimum Gasteiger partial charge on any atom is -0.497 e. The molecule has 3 aromatic carbocycles. The molecular weight excluding hydrogens is 629 g/mol. The number of carbonyl (C=O) groups is 2. The summed E-state index contributed by atoms with van der Waals surface area (Å²) in [5, 5.41) is 15.6. The minimum absolute atomic E-state index is 0.0506. The number of benzene rings is 3. The molecule has 0 bridgehead atoms. The Morgan fingerprint density at radius 3 is 2.52 bits per heavy atom. The summed E-state index contributed by atoms with van der Waals surface area (Å²) in [4.78, 5) is 33.2. The number of aliphatic hydroxyl groups excluding tert-OH is 1. The molecule has 46 heavy (non-hydrogen) atoms. The lowest BCUT2D eigenvalue weighted by Crippen LogP contribution is -2.50. The number of anilines is 1. The van der Waals surface area contributed by atoms with E-state index in [1.54, 1.807) is 60.5 Å². The monoisotopic (exact) mass is 664 g/mol. The van der Waals surface area contributed by atoms with Crippen LogP contribution < -0.4 is 14.8 Å². The van der Waals surface area contributed by atoms with Crippen LogP contribution in [0.15, 0.2) is 83.2 Å². The number of carbonyl (C=O) groups excluding carboxylic acids is 2. The second kappa shape index (κ2) is 14.0. The number of methoxy groups -OCH3 is 1. The van der Waals surface area contributed by atoms with Gasteiger partial charge < -0.3 is 24.8 Å². The molecule has 0 fully saturated rings. The smallest absolute Gasteiger partial charge is 0.258 e. The average Bonchev–Trinajstić information content (AvgIpc) is 3.61. The third-order valence-corrected chi connectivity index (χ3v) is 10.6. The van der Waals surface area contributed by atoms with Gasteiger partial charge in [-0.1, -0.05) is 25.1 Å². The van der Waals surface area contributed by atoms with Gasteiger partial charge in [-0.2, -0.15) is 4.31 Å². The lowest BCUT2D eigenvalue weighted by atomic mass is 9.99. The number of aromatic nitrogens is 1. The van der Waals surface area contributed by atoms with Crippen LogP contribution in [0.25, 0.3) is 10.6 Å². The molecule has 5 rings (SSSR count). The van der Waals surface area contributed by atoms with E-state index in [1.165, 1.54) is 41.9 Å². The van der Waals surface area contributed by atoms with Gasteiger partial charge in [0, 0.05) is 42.2 Å². The van der Waals surface area contributed by atoms with Gasteiger partial charge in [-0.15, -0.1) is 11.3 Å². The Hall–Kier alpha value is -4.30. The standard InChI is InChI=1S/C33H36N4O7S2/c1-21-18-37(22(2)20-38)33(40)27-6-5-7-28(35-31(39)23-8-10-24(11-9-23)32-34-16-17-45-32)30(27)44-29(21)19-36(3)46(41,42)26-14-12-25(43-4)13-15-26/h5-17,21-22,29,38H,18-20H2,1-4H3,(H,35,39)/t21-,22+,29-/m0/s1. The number of hydrogen-bond acceptors (Lipinski definition) is 9. The lowest BCUT2D eigenvalue weighted by Gasteiger charge is -2.38. The number of sulfonamides is 1. The van der Waals surface area contributed by atoms with Crippen molar-refractivity contribution in [3.05, 3.63) is 89.4 Å². The van der Waals surface area contributed by atoms with Crippen LogP contribution in [-0.4, -0.2) is 85.5 Å². The number of likely N-dealkylation sites (N-methyl/N-ethyl adjacent to an activating group) is 1. The van der Waals surface area contributed by atoms with E-state index in [0.29, 0.717) is 11.3 Å². The van der Waals surface area contributed by atoms with Gasteiger partial charge in [0.05, 0.1) is 42.4 Å². The number of rotatable bonds is 10. The zero-order valence-electron chi connectivity index (χ0n) is 25.9. The van der Waals surface area contributed by atoms with Crippen molar-refractivity contribution in [3.8, 4) is 22.1 Å². The van der Waals surface area contributed by atoms with Gasteiger partial charge in [0.2, 0.25) is 10.0 Å². The average molecular weight is 665 g/mol. The van der Waals surface area contributed by atoms with Crippen molar-refractivity contribution in [2.24, 2.45) is 5.92 Å². The van der Waals surface area contributed by atoms with E-state index in [-0.39, 0.29) is 53.4 Å². The molecule has 242 valence electrons. The number of thiazole rings is 1. The maximum Gasteiger partial charge on any atom is 0.258 e. The number of hydrogen-bond donors (Lipinski definition) is 2. The molecule has 1 aliphatic heterocycles. The summed E-state index contributed by atoms with van der Waals surface area (Å²) in [7, 11) is -0.939. The highest BCUT2D eigenvalue weighted by molar-refractivity contribution is 7.89. The molecule has 2 N–H and O–H groups in total. The van der Waals surface area contributed by atoms with E-state index >= 15 is 0 Å². The number of nitrogens with zero attached hydrogens (tertiary/aromatic N) is 3. The minimum atomic E-state index is -3.91. The summed E-state index contributed by atoms with van der Waals surface area (Å²) in [5.41, 5.74) is 1.72. The van der Waals surface area contributed by atoms with E-state index in [9.17, 15) is 23.1 Å². The van der Waals surface area contributed by atoms with Crippen LogP contribution in [0.5, 0.6) is 11.5 Å². The molecule has 4 aromatic rings. The predicted molar refractivity (Wildman–Crippen MR) is 176 cm³/mol. The van der Waals surface area contributed by atoms with Crippen molar-refractivity contribution in [1.29, 1.82) is 0 Å². The maximum atomic E-state index is 13.8. The molecule has 0 unspecified atom stereocenters. The fourth-order valence-electron chi connectivity index (χ4n) is 5.16. The van der Waals surface area contributed by atoms with Gasteiger partial charge in [0.15, 0.2) is 5.75 Å². The van der Waals surface area contributed by atoms with E-state index < -0.39 is 28.1 Å². The molecule has 1 aliphatic rings. The first kappa shape index (κ1) is 33.1. The zero-order valence-corrected chi connectivity index (χ0v) is 27.5. The summed E-state index contributed by atoms with van der Waals surface area (Å²) in [6, 6.07) is 17.5. The molecule has 1 aromatic heterocycles. The number of amides is 2. The first-order valence-electron chi connectivity index (χ1n) is 14.7. The zero-order chi connectivity index (χ0) is 33.0. The Labute approximate surface area is 272 Å². The van der Waals surface area contributed by atoms with E-state index in [1.807, 2.05) is 24.4 Å². The second-order valence-corrected chi connectivity index (χ2v) is 14.1. The van der Waals surface area contributed by atoms with Gasteiger partial charge in [0.1, 0.15) is 16.9 Å². The quantitative estimate of drug-likeness (QED) is 0.251. The normalized spacial score (nSPS) is 17.4. The van der Waals surface area contributed by atoms with Crippen molar-refractivity contribution in [2.75, 3.05) is 39.2 Å². The van der Waals surface area contributed by atoms with Gasteiger partial charge in [-0.3, -0.25) is 9.59 Å². The van der Waals surface area contributed by atoms with Crippen LogP contribution in [0.3, 0.4) is 0 Å². The summed E-state index contributed by atoms with van der Waals surface area (Å²) in [5.74, 6) is -0.488. The molecule has 11 nitrogen and oxygen atoms in total. The largest absolute Gasteiger partial charge is 0.497 e. The Balaban J connectivity index is 1.46. The van der Waals surface area contributed by atoms with E-state index in [0.717, 1.165) is 10.6 Å². The number of ether oxygens (including phenoxy) is 2. The van der Waals surface area contributed by atoms with Crippen LogP contribution in [0.2, 0.25) is 0 Å². The number of nitrogens with one attached hydrogen (secondary N) is 1. The SMILES string of the molecule is COc1ccc(S(=O)(=O)N(C)C[C@@H]2Oc3c(NC(=O)c4ccc(-c5nccs5)cc4)cccc3C(=O)N([C@H](C)CO)C[C@@H]2C)cc1. The number of fused-ring (bicyclic) bond motifs is 1. The van der Waals surface area contributed by atoms with Crippen LogP contribution in [0.1, 0.15) is 34.6 Å². The molecule has 0 radical (unpaired) electrons. The molecule has 3 atom stereocenters. The van der Waals surface area contributed by atoms with Crippen LogP contribution >= 0.6 is 11.3 Å². The number of para-hydroxylation sites is 1. The molecule has 0 saturated carbocycles. The number of aliphatic hydroxyl groups is 1. The molecule has 0 spiro atoms. The van der Waals surface area contributed by atoms with Gasteiger partial charge in [0.25, 0.3) is 11.8 Å². The lowest BCUT2D eigenvalue weighted by molar-refractivity contribution is 0.0388. The first-order chi connectivity index (χ1) is 22.0. The van der Waals surface area contributed by atoms with E-state index in [4.69, 9.17) is 9.47 Å². The fraction of sp³-hybridized carbons (Fsp3) is 0.303. The highest BCUT2D eigenvalue weighted by Gasteiger charge is 2.36. The molecule has 13 heteroatoms. The molecular formula is C33H36N4O7S2. The van der Waals surface area contributed by atoms with Gasteiger partial charge >= 0.3 is 0 Å². The third-order valence-electron chi connectivity index (χ3n) is 7.97. The van der Waals surface area contributed by atoms with Crippen molar-refractivity contribution < 1.29 is 32.6 Å².